The quantitative estimate of drug-likeness (QED) is 0.724. The highest BCUT2D eigenvalue weighted by Crippen LogP contribution is 2.18. The number of thioether (sulfide) groups is 1. The lowest BCUT2D eigenvalue weighted by molar-refractivity contribution is 1.08. The molecule has 0 atom stereocenters. The molecule has 0 N–H and O–H groups in total. The van der Waals surface area contributed by atoms with Crippen LogP contribution >= 0.6 is 24.0 Å². The third kappa shape index (κ3) is 3.00. The van der Waals surface area contributed by atoms with Gasteiger partial charge in [0, 0.05) is 12.2 Å². The Morgan fingerprint density at radius 1 is 1.29 bits per heavy atom. The fourth-order valence-electron chi connectivity index (χ4n) is 1.23. The normalized spacial score (nSPS) is 9.86. The minimum absolute atomic E-state index is 0.926. The predicted octanol–water partition coefficient (Wildman–Crippen LogP) is 3.55. The number of para-hydroxylation sites is 1. The number of anilines is 1. The smallest absolute Gasteiger partial charge is 0.140 e. The Balaban J connectivity index is 2.77. The van der Waals surface area contributed by atoms with Gasteiger partial charge in [0.05, 0.1) is 0 Å². The minimum atomic E-state index is 0.926. The van der Waals surface area contributed by atoms with E-state index in [-0.39, 0.29) is 0 Å². The van der Waals surface area contributed by atoms with Gasteiger partial charge >= 0.3 is 0 Å². The predicted molar refractivity (Wildman–Crippen MR) is 70.2 cm³/mol. The van der Waals surface area contributed by atoms with Crippen LogP contribution in [-0.2, 0) is 0 Å². The molecule has 1 aromatic carbocycles. The average molecular weight is 225 g/mol. The van der Waals surface area contributed by atoms with Gasteiger partial charge in [-0.05, 0) is 24.8 Å². The molecule has 0 unspecified atom stereocenters. The van der Waals surface area contributed by atoms with E-state index in [2.05, 4.69) is 30.9 Å². The molecule has 0 radical (unpaired) electrons. The zero-order valence-corrected chi connectivity index (χ0v) is 10.2. The van der Waals surface area contributed by atoms with Crippen LogP contribution < -0.4 is 4.90 Å². The van der Waals surface area contributed by atoms with Crippen LogP contribution in [0.3, 0.4) is 0 Å². The summed E-state index contributed by atoms with van der Waals surface area (Å²) in [7, 11) is 0. The molecular formula is C11H15NS2. The summed E-state index contributed by atoms with van der Waals surface area (Å²) in [5.74, 6) is 1.03. The molecule has 3 heteroatoms. The van der Waals surface area contributed by atoms with Gasteiger partial charge < -0.3 is 4.90 Å². The molecule has 1 rings (SSSR count). The van der Waals surface area contributed by atoms with Gasteiger partial charge in [-0.3, -0.25) is 0 Å². The third-order valence-corrected chi connectivity index (χ3v) is 3.20. The van der Waals surface area contributed by atoms with Crippen LogP contribution in [0.25, 0.3) is 0 Å². The van der Waals surface area contributed by atoms with E-state index in [1.165, 1.54) is 5.69 Å². The summed E-state index contributed by atoms with van der Waals surface area (Å²) in [5, 5.41) is 0. The minimum Gasteiger partial charge on any atom is -0.328 e. The maximum atomic E-state index is 5.34. The highest BCUT2D eigenvalue weighted by Gasteiger charge is 2.08. The molecule has 0 spiro atoms. The van der Waals surface area contributed by atoms with Gasteiger partial charge in [-0.1, -0.05) is 49.1 Å². The first-order valence-corrected chi connectivity index (χ1v) is 6.18. The van der Waals surface area contributed by atoms with Gasteiger partial charge in [-0.15, -0.1) is 0 Å². The second-order valence-corrected chi connectivity index (χ2v) is 4.68. The summed E-state index contributed by atoms with van der Waals surface area (Å²) >= 11 is 7.06. The molecule has 1 nitrogen and oxygen atoms in total. The van der Waals surface area contributed by atoms with Crippen molar-refractivity contribution in [3.8, 4) is 0 Å². The van der Waals surface area contributed by atoms with E-state index < -0.39 is 0 Å². The van der Waals surface area contributed by atoms with E-state index in [4.69, 9.17) is 12.2 Å². The van der Waals surface area contributed by atoms with Gasteiger partial charge in [0.1, 0.15) is 4.32 Å². The first-order chi connectivity index (χ1) is 6.79. The molecule has 0 aliphatic heterocycles. The van der Waals surface area contributed by atoms with Crippen molar-refractivity contribution in [1.82, 2.24) is 0 Å². The van der Waals surface area contributed by atoms with Crippen molar-refractivity contribution in [3.63, 3.8) is 0 Å². The second-order valence-electron chi connectivity index (χ2n) is 2.78. The highest BCUT2D eigenvalue weighted by molar-refractivity contribution is 8.23. The number of thiocarbonyl (C=S) groups is 1. The summed E-state index contributed by atoms with van der Waals surface area (Å²) in [4.78, 5) is 2.16. The SMILES string of the molecule is CCSC(=S)N(CC)c1ccccc1. The molecular weight excluding hydrogens is 210 g/mol. The number of rotatable bonds is 3. The van der Waals surface area contributed by atoms with Gasteiger partial charge in [0.25, 0.3) is 0 Å². The van der Waals surface area contributed by atoms with E-state index in [1.54, 1.807) is 11.8 Å². The van der Waals surface area contributed by atoms with Crippen molar-refractivity contribution in [2.75, 3.05) is 17.2 Å². The highest BCUT2D eigenvalue weighted by atomic mass is 32.2. The van der Waals surface area contributed by atoms with Crippen molar-refractivity contribution >= 4 is 34.0 Å². The third-order valence-electron chi connectivity index (χ3n) is 1.87. The van der Waals surface area contributed by atoms with E-state index in [0.717, 1.165) is 16.6 Å². The maximum absolute atomic E-state index is 5.34. The summed E-state index contributed by atoms with van der Waals surface area (Å²) in [5.41, 5.74) is 1.18. The van der Waals surface area contributed by atoms with Crippen LogP contribution in [0.15, 0.2) is 30.3 Å². The molecule has 0 saturated heterocycles. The molecule has 0 saturated carbocycles. The first kappa shape index (κ1) is 11.5. The molecule has 0 bridgehead atoms. The fraction of sp³-hybridized carbons (Fsp3) is 0.364. The number of nitrogens with zero attached hydrogens (tertiary/aromatic N) is 1. The Hall–Kier alpha value is -0.540. The number of hydrogen-bond acceptors (Lipinski definition) is 2. The Morgan fingerprint density at radius 3 is 2.43 bits per heavy atom. The number of hydrogen-bond donors (Lipinski definition) is 0. The van der Waals surface area contributed by atoms with E-state index in [1.807, 2.05) is 18.2 Å². The van der Waals surface area contributed by atoms with Crippen molar-refractivity contribution in [2.24, 2.45) is 0 Å². The summed E-state index contributed by atoms with van der Waals surface area (Å²) < 4.78 is 0.959. The van der Waals surface area contributed by atoms with Crippen LogP contribution in [0.5, 0.6) is 0 Å². The lowest BCUT2D eigenvalue weighted by atomic mass is 10.3. The molecule has 1 aromatic rings. The molecule has 0 aliphatic carbocycles. The molecule has 0 aliphatic rings. The summed E-state index contributed by atoms with van der Waals surface area (Å²) in [6.07, 6.45) is 0. The van der Waals surface area contributed by atoms with Gasteiger partial charge in [-0.25, -0.2) is 0 Å². The molecule has 0 heterocycles. The molecule has 14 heavy (non-hydrogen) atoms. The van der Waals surface area contributed by atoms with Crippen LogP contribution in [0.4, 0.5) is 5.69 Å². The lowest BCUT2D eigenvalue weighted by Crippen LogP contribution is -2.26. The first-order valence-electron chi connectivity index (χ1n) is 4.79. The van der Waals surface area contributed by atoms with Crippen molar-refractivity contribution < 1.29 is 0 Å². The number of benzene rings is 1. The standard InChI is InChI=1S/C11H15NS2/c1-3-12(11(13)14-4-2)10-8-6-5-7-9-10/h5-9H,3-4H2,1-2H3. The second kappa shape index (κ2) is 6.04. The monoisotopic (exact) mass is 225 g/mol. The topological polar surface area (TPSA) is 3.24 Å². The van der Waals surface area contributed by atoms with Crippen LogP contribution in [-0.4, -0.2) is 16.6 Å². The van der Waals surface area contributed by atoms with E-state index in [0.29, 0.717) is 0 Å². The lowest BCUT2D eigenvalue weighted by Gasteiger charge is -2.22. The van der Waals surface area contributed by atoms with Gasteiger partial charge in [-0.2, -0.15) is 0 Å². The average Bonchev–Trinajstić information content (AvgIpc) is 2.21. The van der Waals surface area contributed by atoms with Gasteiger partial charge in [0.15, 0.2) is 0 Å². The largest absolute Gasteiger partial charge is 0.328 e. The Bertz CT molecular complexity index is 285. The Kier molecular flexibility index (Phi) is 4.98. The van der Waals surface area contributed by atoms with Gasteiger partial charge in [0.2, 0.25) is 0 Å². The fourth-order valence-corrected chi connectivity index (χ4v) is 2.45. The zero-order valence-electron chi connectivity index (χ0n) is 8.56. The molecule has 0 aromatic heterocycles. The van der Waals surface area contributed by atoms with E-state index >= 15 is 0 Å². The molecule has 0 amide bonds. The van der Waals surface area contributed by atoms with Crippen LogP contribution in [0.2, 0.25) is 0 Å². The summed E-state index contributed by atoms with van der Waals surface area (Å²) in [6.45, 7) is 5.17. The van der Waals surface area contributed by atoms with E-state index in [9.17, 15) is 0 Å². The Morgan fingerprint density at radius 2 is 1.93 bits per heavy atom. The molecule has 76 valence electrons. The van der Waals surface area contributed by atoms with Crippen LogP contribution in [0, 0.1) is 0 Å². The van der Waals surface area contributed by atoms with Crippen molar-refractivity contribution in [2.45, 2.75) is 13.8 Å². The van der Waals surface area contributed by atoms with Crippen LogP contribution in [0.1, 0.15) is 13.8 Å². The van der Waals surface area contributed by atoms with Crippen molar-refractivity contribution in [1.29, 1.82) is 0 Å². The van der Waals surface area contributed by atoms with Crippen molar-refractivity contribution in [3.05, 3.63) is 30.3 Å². The zero-order chi connectivity index (χ0) is 10.4. The molecule has 0 fully saturated rings. The summed E-state index contributed by atoms with van der Waals surface area (Å²) in [6, 6.07) is 10.3. The Labute approximate surface area is 95.5 Å². The maximum Gasteiger partial charge on any atom is 0.140 e.